The van der Waals surface area contributed by atoms with Crippen molar-refractivity contribution in [2.75, 3.05) is 0 Å². The molecule has 1 amide bonds. The van der Waals surface area contributed by atoms with Crippen LogP contribution < -0.4 is 5.32 Å². The first-order valence-corrected chi connectivity index (χ1v) is 6.21. The van der Waals surface area contributed by atoms with E-state index in [1.807, 2.05) is 0 Å². The molecular weight excluding hydrogens is 263 g/mol. The van der Waals surface area contributed by atoms with Gasteiger partial charge in [-0.2, -0.15) is 0 Å². The van der Waals surface area contributed by atoms with Crippen LogP contribution in [0.15, 0.2) is 18.2 Å². The molecule has 0 bridgehead atoms. The molecule has 0 saturated heterocycles. The summed E-state index contributed by atoms with van der Waals surface area (Å²) in [6.07, 6.45) is -0.542. The molecule has 3 N–H and O–H groups in total. The Morgan fingerprint density at radius 3 is 2.75 bits per heavy atom. The van der Waals surface area contributed by atoms with Crippen molar-refractivity contribution in [2.24, 2.45) is 0 Å². The minimum atomic E-state index is -0.567. The lowest BCUT2D eigenvalue weighted by Crippen LogP contribution is -2.32. The fourth-order valence-electron chi connectivity index (χ4n) is 1.81. The minimum Gasteiger partial charge on any atom is -0.508 e. The van der Waals surface area contributed by atoms with Crippen LogP contribution in [-0.4, -0.2) is 21.8 Å². The van der Waals surface area contributed by atoms with E-state index in [2.05, 4.69) is 10.3 Å². The molecule has 0 fully saturated rings. The molecule has 0 radical (unpaired) electrons. The number of alkyl carbamates (subject to hydrolysis) is 1. The largest absolute Gasteiger partial charge is 0.508 e. The molecule has 0 atom stereocenters. The first-order valence-electron chi connectivity index (χ1n) is 6.21. The van der Waals surface area contributed by atoms with Crippen molar-refractivity contribution in [2.45, 2.75) is 32.9 Å². The molecule has 0 aliphatic rings. The Labute approximate surface area is 115 Å². The quantitative estimate of drug-likeness (QED) is 0.791. The van der Waals surface area contributed by atoms with E-state index in [9.17, 15) is 14.3 Å². The molecule has 0 aliphatic carbocycles. The summed E-state index contributed by atoms with van der Waals surface area (Å²) >= 11 is 0. The first-order chi connectivity index (χ1) is 9.24. The fraction of sp³-hybridized carbons (Fsp3) is 0.357. The van der Waals surface area contributed by atoms with Gasteiger partial charge in [-0.25, -0.2) is 9.18 Å². The smallest absolute Gasteiger partial charge is 0.407 e. The number of nitrogens with one attached hydrogen (secondary N) is 2. The Balaban J connectivity index is 2.08. The number of rotatable bonds is 2. The SMILES string of the molecule is CC(C)(C)OC(=O)NCc1cc2c(F)cc(O)cc2[nH]1. The van der Waals surface area contributed by atoms with Crippen LogP contribution in [0, 0.1) is 5.82 Å². The van der Waals surface area contributed by atoms with E-state index in [0.717, 1.165) is 6.07 Å². The van der Waals surface area contributed by atoms with E-state index in [1.165, 1.54) is 6.07 Å². The number of amides is 1. The van der Waals surface area contributed by atoms with Gasteiger partial charge in [-0.15, -0.1) is 0 Å². The highest BCUT2D eigenvalue weighted by Crippen LogP contribution is 2.24. The number of benzene rings is 1. The predicted molar refractivity (Wildman–Crippen MR) is 73.0 cm³/mol. The lowest BCUT2D eigenvalue weighted by molar-refractivity contribution is 0.0523. The molecule has 108 valence electrons. The summed E-state index contributed by atoms with van der Waals surface area (Å²) in [5, 5.41) is 12.3. The molecule has 0 spiro atoms. The number of halogens is 1. The highest BCUT2D eigenvalue weighted by Gasteiger charge is 2.16. The number of H-pyrrole nitrogens is 1. The molecule has 0 saturated carbocycles. The minimum absolute atomic E-state index is 0.150. The van der Waals surface area contributed by atoms with E-state index < -0.39 is 17.5 Å². The van der Waals surface area contributed by atoms with Crippen molar-refractivity contribution in [3.8, 4) is 5.75 Å². The average molecular weight is 280 g/mol. The summed E-state index contributed by atoms with van der Waals surface area (Å²) in [6.45, 7) is 5.50. The molecule has 0 aliphatic heterocycles. The lowest BCUT2D eigenvalue weighted by Gasteiger charge is -2.19. The molecule has 1 aromatic carbocycles. The van der Waals surface area contributed by atoms with Crippen molar-refractivity contribution in [1.29, 1.82) is 0 Å². The normalized spacial score (nSPS) is 11.6. The number of aromatic amines is 1. The van der Waals surface area contributed by atoms with Gasteiger partial charge in [-0.3, -0.25) is 0 Å². The van der Waals surface area contributed by atoms with E-state index in [0.29, 0.717) is 16.6 Å². The molecule has 1 heterocycles. The highest BCUT2D eigenvalue weighted by atomic mass is 19.1. The second-order valence-corrected chi connectivity index (χ2v) is 5.54. The number of hydrogen-bond donors (Lipinski definition) is 3. The van der Waals surface area contributed by atoms with Crippen LogP contribution in [-0.2, 0) is 11.3 Å². The summed E-state index contributed by atoms with van der Waals surface area (Å²) < 4.78 is 18.7. The van der Waals surface area contributed by atoms with Crippen LogP contribution in [0.3, 0.4) is 0 Å². The zero-order chi connectivity index (χ0) is 14.9. The number of carbonyl (C=O) groups excluding carboxylic acids is 1. The molecular formula is C14H17FN2O3. The number of ether oxygens (including phenoxy) is 1. The summed E-state index contributed by atoms with van der Waals surface area (Å²) in [5.41, 5.74) is 0.529. The van der Waals surface area contributed by atoms with Gasteiger partial charge in [0.2, 0.25) is 0 Å². The molecule has 5 nitrogen and oxygen atoms in total. The second kappa shape index (κ2) is 5.03. The fourth-order valence-corrected chi connectivity index (χ4v) is 1.81. The molecule has 20 heavy (non-hydrogen) atoms. The Kier molecular flexibility index (Phi) is 3.57. The van der Waals surface area contributed by atoms with Gasteiger partial charge in [-0.05, 0) is 26.8 Å². The van der Waals surface area contributed by atoms with Crippen molar-refractivity contribution in [3.05, 3.63) is 29.7 Å². The zero-order valence-electron chi connectivity index (χ0n) is 11.6. The van der Waals surface area contributed by atoms with Crippen LogP contribution in [0.5, 0.6) is 5.75 Å². The molecule has 2 rings (SSSR count). The number of fused-ring (bicyclic) bond motifs is 1. The number of phenols is 1. The number of phenolic OH excluding ortho intramolecular Hbond substituents is 1. The second-order valence-electron chi connectivity index (χ2n) is 5.54. The van der Waals surface area contributed by atoms with Gasteiger partial charge in [0.25, 0.3) is 0 Å². The third kappa shape index (κ3) is 3.40. The first kappa shape index (κ1) is 14.2. The summed E-state index contributed by atoms with van der Waals surface area (Å²) in [4.78, 5) is 14.4. The Hall–Kier alpha value is -2.24. The Morgan fingerprint density at radius 2 is 2.10 bits per heavy atom. The summed E-state index contributed by atoms with van der Waals surface area (Å²) in [7, 11) is 0. The van der Waals surface area contributed by atoms with Gasteiger partial charge < -0.3 is 20.1 Å². The van der Waals surface area contributed by atoms with E-state index in [1.54, 1.807) is 26.8 Å². The lowest BCUT2D eigenvalue weighted by atomic mass is 10.2. The molecule has 2 aromatic rings. The maximum Gasteiger partial charge on any atom is 0.407 e. The maximum absolute atomic E-state index is 13.6. The third-order valence-electron chi connectivity index (χ3n) is 2.55. The van der Waals surface area contributed by atoms with E-state index in [-0.39, 0.29) is 12.3 Å². The topological polar surface area (TPSA) is 74.3 Å². The number of carbonyl (C=O) groups is 1. The number of aromatic hydroxyl groups is 1. The molecule has 6 heteroatoms. The number of hydrogen-bond acceptors (Lipinski definition) is 3. The van der Waals surface area contributed by atoms with Gasteiger partial charge in [0, 0.05) is 23.2 Å². The Bertz CT molecular complexity index is 644. The van der Waals surface area contributed by atoms with Gasteiger partial charge in [0.15, 0.2) is 0 Å². The standard InChI is InChI=1S/C14H17FN2O3/c1-14(2,3)20-13(19)16-7-8-4-10-11(15)5-9(18)6-12(10)17-8/h4-6,17-18H,7H2,1-3H3,(H,16,19). The van der Waals surface area contributed by atoms with Crippen LogP contribution in [0.1, 0.15) is 26.5 Å². The Morgan fingerprint density at radius 1 is 1.40 bits per heavy atom. The average Bonchev–Trinajstić information content (AvgIpc) is 2.67. The number of aromatic nitrogens is 1. The van der Waals surface area contributed by atoms with Crippen LogP contribution in [0.2, 0.25) is 0 Å². The van der Waals surface area contributed by atoms with Crippen LogP contribution >= 0.6 is 0 Å². The van der Waals surface area contributed by atoms with Crippen molar-refractivity contribution in [1.82, 2.24) is 10.3 Å². The van der Waals surface area contributed by atoms with Crippen LogP contribution in [0.4, 0.5) is 9.18 Å². The van der Waals surface area contributed by atoms with Crippen molar-refractivity contribution in [3.63, 3.8) is 0 Å². The van der Waals surface area contributed by atoms with Crippen molar-refractivity contribution < 1.29 is 19.0 Å². The maximum atomic E-state index is 13.6. The van der Waals surface area contributed by atoms with Gasteiger partial charge >= 0.3 is 6.09 Å². The third-order valence-corrected chi connectivity index (χ3v) is 2.55. The van der Waals surface area contributed by atoms with Gasteiger partial charge in [0.05, 0.1) is 12.1 Å². The summed E-state index contributed by atoms with van der Waals surface area (Å²) in [5.74, 6) is -0.664. The van der Waals surface area contributed by atoms with Gasteiger partial charge in [-0.1, -0.05) is 0 Å². The van der Waals surface area contributed by atoms with E-state index >= 15 is 0 Å². The predicted octanol–water partition coefficient (Wildman–Crippen LogP) is 3.04. The van der Waals surface area contributed by atoms with Crippen LogP contribution in [0.25, 0.3) is 10.9 Å². The molecule has 1 aromatic heterocycles. The van der Waals surface area contributed by atoms with Gasteiger partial charge in [0.1, 0.15) is 17.2 Å². The summed E-state index contributed by atoms with van der Waals surface area (Å²) in [6, 6.07) is 4.05. The highest BCUT2D eigenvalue weighted by molar-refractivity contribution is 5.82. The monoisotopic (exact) mass is 280 g/mol. The van der Waals surface area contributed by atoms with E-state index in [4.69, 9.17) is 4.74 Å². The van der Waals surface area contributed by atoms with Crippen molar-refractivity contribution >= 4 is 17.0 Å². The zero-order valence-corrected chi connectivity index (χ0v) is 11.6. The molecule has 0 unspecified atom stereocenters.